The molecule has 0 saturated carbocycles. The van der Waals surface area contributed by atoms with Gasteiger partial charge in [0.15, 0.2) is 0 Å². The van der Waals surface area contributed by atoms with Crippen molar-refractivity contribution in [1.29, 1.82) is 0 Å². The van der Waals surface area contributed by atoms with Crippen LogP contribution in [0.4, 0.5) is 0 Å². The molecule has 4 heavy (non-hydrogen) atoms. The molecule has 0 aliphatic rings. The van der Waals surface area contributed by atoms with Crippen molar-refractivity contribution in [1.82, 2.24) is 0 Å². The average Bonchev–Trinajstić information content (AvgIpc) is 1.00. The summed E-state index contributed by atoms with van der Waals surface area (Å²) in [5.74, 6) is 0. The molecule has 0 amide bonds. The van der Waals surface area contributed by atoms with Crippen LogP contribution < -0.4 is 0 Å². The molecule has 0 heterocycles. The van der Waals surface area contributed by atoms with Crippen LogP contribution in [0, 0.1) is 0 Å². The fraction of sp³-hybridized carbons (Fsp3) is 0. The van der Waals surface area contributed by atoms with Crippen molar-refractivity contribution in [2.24, 2.45) is 0 Å². The summed E-state index contributed by atoms with van der Waals surface area (Å²) in [7, 11) is 0. The van der Waals surface area contributed by atoms with Crippen molar-refractivity contribution in [3.63, 3.8) is 0 Å². The molecule has 4 heteroatoms. The summed E-state index contributed by atoms with van der Waals surface area (Å²) < 4.78 is 8.28. The van der Waals surface area contributed by atoms with Crippen LogP contribution in [0.3, 0.4) is 0 Å². The molecule has 24 valence electrons. The van der Waals surface area contributed by atoms with Gasteiger partial charge in [0, 0.05) is 16.5 Å². The molecule has 0 bridgehead atoms. The van der Waals surface area contributed by atoms with Gasteiger partial charge >= 0.3 is 43.1 Å². The van der Waals surface area contributed by atoms with Crippen molar-refractivity contribution in [3.05, 3.63) is 0 Å². The molecule has 0 aromatic heterocycles. The number of rotatable bonds is 0. The van der Waals surface area contributed by atoms with E-state index in [1.165, 1.54) is 0 Å². The van der Waals surface area contributed by atoms with Crippen LogP contribution in [-0.4, -0.2) is 39.3 Å². The Hall–Kier alpha value is 1.59. The van der Waals surface area contributed by atoms with Gasteiger partial charge in [-0.25, -0.2) is 0 Å². The Balaban J connectivity index is -0.000000000833. The molecule has 0 saturated heterocycles. The molecule has 0 aliphatic carbocycles. The van der Waals surface area contributed by atoms with Gasteiger partial charge in [0.05, 0.1) is 0 Å². The van der Waals surface area contributed by atoms with E-state index in [0.29, 0.717) is 16.2 Å². The Morgan fingerprint density at radius 3 is 1.50 bits per heavy atom. The minimum atomic E-state index is 0. The van der Waals surface area contributed by atoms with E-state index < -0.39 is 0 Å². The molecule has 0 fully saturated rings. The third-order valence-corrected chi connectivity index (χ3v) is 0. The van der Waals surface area contributed by atoms with E-state index in [4.69, 9.17) is 3.80 Å². The first-order valence-corrected chi connectivity index (χ1v) is 0.866. The molecule has 0 aromatic carbocycles. The predicted octanol–water partition coefficient (Wildman–Crippen LogP) is -0.926. The monoisotopic (exact) mass is 128 g/mol. The summed E-state index contributed by atoms with van der Waals surface area (Å²) in [4.78, 5) is 0. The van der Waals surface area contributed by atoms with Crippen LogP contribution in [0.15, 0.2) is 0 Å². The van der Waals surface area contributed by atoms with E-state index in [0.717, 1.165) is 0 Å². The van der Waals surface area contributed by atoms with E-state index in [1.54, 1.807) is 0 Å². The molecule has 0 spiro atoms. The van der Waals surface area contributed by atoms with Gasteiger partial charge in [-0.15, -0.1) is 0 Å². The first-order valence-electron chi connectivity index (χ1n) is 0.289. The average molecular weight is 129 g/mol. The van der Waals surface area contributed by atoms with Crippen LogP contribution in [0.2, 0.25) is 0 Å². The Bertz CT molecular complexity index is 13.5. The van der Waals surface area contributed by atoms with Crippen molar-refractivity contribution in [2.75, 3.05) is 0 Å². The van der Waals surface area contributed by atoms with Gasteiger partial charge in [-0.2, -0.15) is 0 Å². The van der Waals surface area contributed by atoms with Gasteiger partial charge in [0.25, 0.3) is 0 Å². The van der Waals surface area contributed by atoms with Crippen LogP contribution in [0.1, 0.15) is 2.85 Å². The van der Waals surface area contributed by atoms with Crippen molar-refractivity contribution >= 4 is 39.3 Å². The normalized spacial score (nSPS) is 0.750. The summed E-state index contributed by atoms with van der Waals surface area (Å²) in [6.45, 7) is 0. The summed E-state index contributed by atoms with van der Waals surface area (Å²) in [5, 5.41) is 0. The first kappa shape index (κ1) is 17.6. The van der Waals surface area contributed by atoms with Gasteiger partial charge in [-0.05, 0) is 0 Å². The molecule has 0 radical (unpaired) electrons. The predicted molar refractivity (Wildman–Crippen MR) is 15.8 cm³/mol. The van der Waals surface area contributed by atoms with E-state index in [1.807, 2.05) is 0 Å². The molecular formula is H3AlMgNiO. The van der Waals surface area contributed by atoms with E-state index in [-0.39, 0.29) is 42.4 Å². The molecule has 0 aromatic rings. The Kier molecular flexibility index (Phi) is 103. The van der Waals surface area contributed by atoms with Crippen LogP contribution >= 0.6 is 0 Å². The molecule has 0 rings (SSSR count). The zero-order valence-corrected chi connectivity index (χ0v) is 5.95. The zero-order chi connectivity index (χ0) is 2.00. The number of hydrogen-bond donors (Lipinski definition) is 0. The fourth-order valence-corrected chi connectivity index (χ4v) is 0. The maximum absolute atomic E-state index is 8.28. The SMILES string of the molecule is [H-].[H-].[Mg+2].[Ni].[O]=[AlH]. The van der Waals surface area contributed by atoms with Gasteiger partial charge in [0.1, 0.15) is 0 Å². The van der Waals surface area contributed by atoms with Gasteiger partial charge in [0.2, 0.25) is 0 Å². The Labute approximate surface area is 62.2 Å². The second-order valence-electron chi connectivity index (χ2n) is 0. The Morgan fingerprint density at radius 2 is 1.50 bits per heavy atom. The molecule has 0 aliphatic heterocycles. The van der Waals surface area contributed by atoms with Crippen LogP contribution in [0.25, 0.3) is 0 Å². The molecular weight excluding hydrogens is 126 g/mol. The van der Waals surface area contributed by atoms with E-state index in [2.05, 4.69) is 0 Å². The quantitative estimate of drug-likeness (QED) is 0.386. The van der Waals surface area contributed by atoms with Crippen molar-refractivity contribution < 1.29 is 23.1 Å². The summed E-state index contributed by atoms with van der Waals surface area (Å²) in [5.41, 5.74) is 0. The molecule has 0 N–H and O–H groups in total. The van der Waals surface area contributed by atoms with Gasteiger partial charge in [-0.3, -0.25) is 0 Å². The maximum atomic E-state index is 8.28. The molecule has 0 unspecified atom stereocenters. The van der Waals surface area contributed by atoms with Crippen molar-refractivity contribution in [2.45, 2.75) is 0 Å². The second-order valence-corrected chi connectivity index (χ2v) is 0. The third-order valence-electron chi connectivity index (χ3n) is 0. The standard InChI is InChI=1S/Al.Mg.Ni.O.3H/q;+2;;;;2*-1. The van der Waals surface area contributed by atoms with E-state index in [9.17, 15) is 0 Å². The third kappa shape index (κ3) is 9.52. The van der Waals surface area contributed by atoms with Crippen LogP contribution in [0.5, 0.6) is 0 Å². The molecule has 1 nitrogen and oxygen atoms in total. The fourth-order valence-electron chi connectivity index (χ4n) is 0. The zero-order valence-electron chi connectivity index (χ0n) is 4.14. The summed E-state index contributed by atoms with van der Waals surface area (Å²) in [6.07, 6.45) is 0. The van der Waals surface area contributed by atoms with E-state index >= 15 is 0 Å². The van der Waals surface area contributed by atoms with Crippen LogP contribution in [-0.2, 0) is 20.3 Å². The Morgan fingerprint density at radius 1 is 1.50 bits per heavy atom. The summed E-state index contributed by atoms with van der Waals surface area (Å²) >= 11 is 0.611. The van der Waals surface area contributed by atoms with Crippen molar-refractivity contribution in [3.8, 4) is 0 Å². The topological polar surface area (TPSA) is 17.1 Å². The second kappa shape index (κ2) is 23.4. The summed E-state index contributed by atoms with van der Waals surface area (Å²) in [6, 6.07) is 0. The van der Waals surface area contributed by atoms with Gasteiger partial charge < -0.3 is 2.85 Å². The van der Waals surface area contributed by atoms with Gasteiger partial charge in [-0.1, -0.05) is 0 Å². The minimum absolute atomic E-state index is 0. The first-order chi connectivity index (χ1) is 1.00. The number of hydrogen-bond acceptors (Lipinski definition) is 1. The molecule has 0 atom stereocenters.